The zero-order valence-corrected chi connectivity index (χ0v) is 8.41. The summed E-state index contributed by atoms with van der Waals surface area (Å²) in [7, 11) is 0. The molecule has 0 fully saturated rings. The lowest BCUT2D eigenvalue weighted by atomic mass is 10.1. The van der Waals surface area contributed by atoms with Crippen molar-refractivity contribution in [2.24, 2.45) is 0 Å². The highest BCUT2D eigenvalue weighted by molar-refractivity contribution is 5.84. The second-order valence-electron chi connectivity index (χ2n) is 3.34. The topological polar surface area (TPSA) is 71.4 Å². The molecule has 0 amide bonds. The van der Waals surface area contributed by atoms with Crippen LogP contribution in [0.25, 0.3) is 0 Å². The molecule has 0 radical (unpaired) electrons. The molecule has 1 N–H and O–H groups in total. The molecule has 0 aliphatic heterocycles. The highest BCUT2D eigenvalue weighted by Gasteiger charge is 2.04. The largest absolute Gasteiger partial charge is 0.481 e. The molecule has 0 bridgehead atoms. The van der Waals surface area contributed by atoms with Gasteiger partial charge < -0.3 is 9.90 Å². The van der Waals surface area contributed by atoms with Gasteiger partial charge in [0, 0.05) is 25.7 Å². The standard InChI is InChI=1S/C10H16O4/c1-8(11)6-7-9(12)4-2-3-5-10(13)14/h2-7H2,1H3,(H,13,14). The van der Waals surface area contributed by atoms with Crippen LogP contribution in [0.1, 0.15) is 45.4 Å². The summed E-state index contributed by atoms with van der Waals surface area (Å²) in [5.41, 5.74) is 0. The number of unbranched alkanes of at least 4 members (excludes halogenated alkanes) is 1. The summed E-state index contributed by atoms with van der Waals surface area (Å²) in [5.74, 6) is -0.768. The summed E-state index contributed by atoms with van der Waals surface area (Å²) in [4.78, 5) is 31.8. The number of hydrogen-bond donors (Lipinski definition) is 1. The van der Waals surface area contributed by atoms with Gasteiger partial charge in [0.25, 0.3) is 0 Å². The fourth-order valence-electron chi connectivity index (χ4n) is 1.04. The molecule has 0 aromatic carbocycles. The van der Waals surface area contributed by atoms with E-state index in [-0.39, 0.29) is 18.0 Å². The molecule has 0 spiro atoms. The molecule has 0 atom stereocenters. The highest BCUT2D eigenvalue weighted by atomic mass is 16.4. The molecule has 80 valence electrons. The second kappa shape index (κ2) is 7.24. The number of rotatable bonds is 8. The predicted molar refractivity (Wildman–Crippen MR) is 51.0 cm³/mol. The number of carbonyl (C=O) groups excluding carboxylic acids is 2. The molecule has 0 heterocycles. The Hall–Kier alpha value is -1.19. The second-order valence-corrected chi connectivity index (χ2v) is 3.34. The Balaban J connectivity index is 3.36. The van der Waals surface area contributed by atoms with E-state index < -0.39 is 5.97 Å². The van der Waals surface area contributed by atoms with Crippen molar-refractivity contribution in [3.63, 3.8) is 0 Å². The minimum Gasteiger partial charge on any atom is -0.481 e. The molecular formula is C10H16O4. The van der Waals surface area contributed by atoms with Crippen molar-refractivity contribution < 1.29 is 19.5 Å². The first kappa shape index (κ1) is 12.8. The normalized spacial score (nSPS) is 9.79. The van der Waals surface area contributed by atoms with E-state index in [2.05, 4.69) is 0 Å². The fourth-order valence-corrected chi connectivity index (χ4v) is 1.04. The lowest BCUT2D eigenvalue weighted by molar-refractivity contribution is -0.137. The third-order valence-electron chi connectivity index (χ3n) is 1.85. The van der Waals surface area contributed by atoms with Crippen LogP contribution in [0.5, 0.6) is 0 Å². The quantitative estimate of drug-likeness (QED) is 0.604. The van der Waals surface area contributed by atoms with E-state index in [1.54, 1.807) is 0 Å². The average Bonchev–Trinajstić information content (AvgIpc) is 2.08. The maximum Gasteiger partial charge on any atom is 0.303 e. The van der Waals surface area contributed by atoms with Crippen LogP contribution in [0.4, 0.5) is 0 Å². The number of carboxylic acid groups (broad SMARTS) is 1. The van der Waals surface area contributed by atoms with Gasteiger partial charge in [-0.1, -0.05) is 0 Å². The molecule has 0 aromatic heterocycles. The van der Waals surface area contributed by atoms with Gasteiger partial charge in [-0.2, -0.15) is 0 Å². The van der Waals surface area contributed by atoms with Crippen LogP contribution >= 0.6 is 0 Å². The van der Waals surface area contributed by atoms with Crippen molar-refractivity contribution in [2.45, 2.75) is 45.4 Å². The predicted octanol–water partition coefficient (Wildman–Crippen LogP) is 1.57. The van der Waals surface area contributed by atoms with Crippen molar-refractivity contribution in [3.8, 4) is 0 Å². The number of ketones is 2. The van der Waals surface area contributed by atoms with Gasteiger partial charge in [0.05, 0.1) is 0 Å². The maximum atomic E-state index is 11.1. The third-order valence-corrected chi connectivity index (χ3v) is 1.85. The van der Waals surface area contributed by atoms with E-state index in [0.29, 0.717) is 32.1 Å². The van der Waals surface area contributed by atoms with Crippen LogP contribution < -0.4 is 0 Å². The Labute approximate surface area is 83.3 Å². The summed E-state index contributed by atoms with van der Waals surface area (Å²) in [5, 5.41) is 8.33. The molecule has 0 aliphatic carbocycles. The van der Waals surface area contributed by atoms with Gasteiger partial charge in [-0.05, 0) is 19.8 Å². The Morgan fingerprint density at radius 2 is 1.50 bits per heavy atom. The molecule has 4 nitrogen and oxygen atoms in total. The van der Waals surface area contributed by atoms with Crippen molar-refractivity contribution >= 4 is 17.5 Å². The van der Waals surface area contributed by atoms with Crippen molar-refractivity contribution in [3.05, 3.63) is 0 Å². The molecule has 4 heteroatoms. The van der Waals surface area contributed by atoms with E-state index in [4.69, 9.17) is 5.11 Å². The van der Waals surface area contributed by atoms with E-state index in [1.807, 2.05) is 0 Å². The van der Waals surface area contributed by atoms with Crippen LogP contribution in [0.15, 0.2) is 0 Å². The number of aliphatic carboxylic acids is 1. The van der Waals surface area contributed by atoms with Gasteiger partial charge in [0.15, 0.2) is 0 Å². The summed E-state index contributed by atoms with van der Waals surface area (Å²) < 4.78 is 0. The highest BCUT2D eigenvalue weighted by Crippen LogP contribution is 2.04. The number of hydrogen-bond acceptors (Lipinski definition) is 3. The Bertz CT molecular complexity index is 220. The van der Waals surface area contributed by atoms with Gasteiger partial charge in [-0.15, -0.1) is 0 Å². The van der Waals surface area contributed by atoms with E-state index in [0.717, 1.165) is 0 Å². The van der Waals surface area contributed by atoms with E-state index >= 15 is 0 Å². The average molecular weight is 200 g/mol. The molecule has 14 heavy (non-hydrogen) atoms. The van der Waals surface area contributed by atoms with Gasteiger partial charge in [0.2, 0.25) is 0 Å². The summed E-state index contributed by atoms with van der Waals surface area (Å²) in [6, 6.07) is 0. The number of carboxylic acids is 1. The first-order valence-corrected chi connectivity index (χ1v) is 4.75. The molecule has 0 rings (SSSR count). The first-order chi connectivity index (χ1) is 6.52. The first-order valence-electron chi connectivity index (χ1n) is 4.75. The lowest BCUT2D eigenvalue weighted by Crippen LogP contribution is -2.02. The molecule has 0 unspecified atom stereocenters. The Kier molecular flexibility index (Phi) is 6.62. The smallest absolute Gasteiger partial charge is 0.303 e. The fraction of sp³-hybridized carbons (Fsp3) is 0.700. The zero-order valence-electron chi connectivity index (χ0n) is 8.41. The summed E-state index contributed by atoms with van der Waals surface area (Å²) >= 11 is 0. The minimum absolute atomic E-state index is 0.0175. The van der Waals surface area contributed by atoms with Crippen LogP contribution in [-0.4, -0.2) is 22.6 Å². The summed E-state index contributed by atoms with van der Waals surface area (Å²) in [6.07, 6.45) is 2.23. The Morgan fingerprint density at radius 3 is 2.00 bits per heavy atom. The third kappa shape index (κ3) is 8.90. The monoisotopic (exact) mass is 200 g/mol. The SMILES string of the molecule is CC(=O)CCC(=O)CCCCC(=O)O. The van der Waals surface area contributed by atoms with Crippen molar-refractivity contribution in [2.75, 3.05) is 0 Å². The molecule has 0 aliphatic rings. The molecule has 0 aromatic rings. The molecule has 0 saturated heterocycles. The van der Waals surface area contributed by atoms with Gasteiger partial charge in [-0.25, -0.2) is 0 Å². The van der Waals surface area contributed by atoms with Gasteiger partial charge in [-0.3, -0.25) is 9.59 Å². The van der Waals surface area contributed by atoms with E-state index in [1.165, 1.54) is 6.92 Å². The zero-order chi connectivity index (χ0) is 11.0. The van der Waals surface area contributed by atoms with Crippen LogP contribution in [-0.2, 0) is 14.4 Å². The molecular weight excluding hydrogens is 184 g/mol. The molecule has 0 saturated carbocycles. The van der Waals surface area contributed by atoms with E-state index in [9.17, 15) is 14.4 Å². The number of Topliss-reactive ketones (excluding diaryl/α,β-unsaturated/α-hetero) is 2. The minimum atomic E-state index is -0.832. The number of carbonyl (C=O) groups is 3. The van der Waals surface area contributed by atoms with Crippen LogP contribution in [0.3, 0.4) is 0 Å². The van der Waals surface area contributed by atoms with Crippen molar-refractivity contribution in [1.29, 1.82) is 0 Å². The summed E-state index contributed by atoms with van der Waals surface area (Å²) in [6.45, 7) is 1.46. The lowest BCUT2D eigenvalue weighted by Gasteiger charge is -1.98. The van der Waals surface area contributed by atoms with Gasteiger partial charge >= 0.3 is 5.97 Å². The Morgan fingerprint density at radius 1 is 0.929 bits per heavy atom. The van der Waals surface area contributed by atoms with Crippen LogP contribution in [0, 0.1) is 0 Å². The van der Waals surface area contributed by atoms with Crippen molar-refractivity contribution in [1.82, 2.24) is 0 Å². The van der Waals surface area contributed by atoms with Crippen LogP contribution in [0.2, 0.25) is 0 Å². The van der Waals surface area contributed by atoms with Gasteiger partial charge in [0.1, 0.15) is 11.6 Å². The maximum absolute atomic E-state index is 11.1.